The van der Waals surface area contributed by atoms with Crippen molar-refractivity contribution in [2.75, 3.05) is 0 Å². The molecule has 2 aromatic rings. The first-order valence-electron chi connectivity index (χ1n) is 23.2. The number of carboxylic acid groups (broad SMARTS) is 2. The minimum Gasteiger partial charge on any atom is -0.550 e. The molecule has 2 N–H and O–H groups in total. The first kappa shape index (κ1) is 57.8. The van der Waals surface area contributed by atoms with Crippen LogP contribution in [-0.2, 0) is 32.3 Å². The number of hydrogen-bond donors (Lipinski definition) is 2. The Hall–Kier alpha value is -1.21. The average molecular weight is 949 g/mol. The van der Waals surface area contributed by atoms with E-state index in [1.165, 1.54) is 62.5 Å². The number of carbonyl (C=O) groups is 2. The fourth-order valence-electron chi connectivity index (χ4n) is 7.12. The van der Waals surface area contributed by atoms with Gasteiger partial charge in [0.25, 0.3) is 0 Å². The van der Waals surface area contributed by atoms with Crippen molar-refractivity contribution in [3.8, 4) is 0 Å². The zero-order valence-corrected chi connectivity index (χ0v) is 41.8. The maximum Gasteiger partial charge on any atom is 2.00 e. The van der Waals surface area contributed by atoms with Crippen molar-refractivity contribution in [3.05, 3.63) is 71.8 Å². The smallest absolute Gasteiger partial charge is 0.550 e. The van der Waals surface area contributed by atoms with Gasteiger partial charge in [0.15, 0.2) is 0 Å². The van der Waals surface area contributed by atoms with Gasteiger partial charge in [0, 0.05) is 11.9 Å². The summed E-state index contributed by atoms with van der Waals surface area (Å²) < 4.78 is 11.8. The van der Waals surface area contributed by atoms with Gasteiger partial charge in [-0.1, -0.05) is 176 Å². The van der Waals surface area contributed by atoms with Gasteiger partial charge >= 0.3 is 48.9 Å². The minimum atomic E-state index is -0.936. The van der Waals surface area contributed by atoms with E-state index < -0.39 is 11.9 Å². The maximum atomic E-state index is 10.3. The summed E-state index contributed by atoms with van der Waals surface area (Å²) in [5, 5.41) is 40.9. The van der Waals surface area contributed by atoms with E-state index in [4.69, 9.17) is 9.47 Å². The predicted molar refractivity (Wildman–Crippen MR) is 238 cm³/mol. The third-order valence-corrected chi connectivity index (χ3v) is 10.9. The van der Waals surface area contributed by atoms with E-state index in [1.807, 2.05) is 36.4 Å². The van der Waals surface area contributed by atoms with Crippen LogP contribution in [0.15, 0.2) is 60.7 Å². The molecular formula is C50H82BaO8. The zero-order chi connectivity index (χ0) is 42.3. The van der Waals surface area contributed by atoms with Crippen molar-refractivity contribution in [2.45, 2.75) is 231 Å². The number of benzene rings is 2. The Morgan fingerprint density at radius 1 is 0.441 bits per heavy atom. The monoisotopic (exact) mass is 949 g/mol. The molecule has 2 rings (SSSR count). The quantitative estimate of drug-likeness (QED) is 0.0501. The van der Waals surface area contributed by atoms with Crippen molar-refractivity contribution in [2.24, 2.45) is 0 Å². The van der Waals surface area contributed by atoms with Crippen LogP contribution in [0.5, 0.6) is 0 Å². The first-order chi connectivity index (χ1) is 28.2. The summed E-state index contributed by atoms with van der Waals surface area (Å²) in [6.45, 7) is 5.60. The summed E-state index contributed by atoms with van der Waals surface area (Å²) in [6, 6.07) is 20.5. The summed E-state index contributed by atoms with van der Waals surface area (Å²) in [5.41, 5.74) is 2.43. The molecule has 0 aromatic heterocycles. The van der Waals surface area contributed by atoms with E-state index in [2.05, 4.69) is 38.1 Å². The number of hydrogen-bond acceptors (Lipinski definition) is 8. The molecule has 0 heterocycles. The number of aliphatic carboxylic acids is 2. The number of aliphatic hydroxyl groups excluding tert-OH is 2. The molecule has 0 aliphatic carbocycles. The molecule has 0 fully saturated rings. The van der Waals surface area contributed by atoms with Gasteiger partial charge in [-0.3, -0.25) is 0 Å². The largest absolute Gasteiger partial charge is 2.00 e. The molecule has 0 amide bonds. The molecule has 4 atom stereocenters. The van der Waals surface area contributed by atoms with Crippen LogP contribution < -0.4 is 10.2 Å². The molecule has 0 bridgehead atoms. The van der Waals surface area contributed by atoms with E-state index >= 15 is 0 Å². The second kappa shape index (κ2) is 42.1. The van der Waals surface area contributed by atoms with Crippen molar-refractivity contribution in [3.63, 3.8) is 0 Å². The molecule has 0 aliphatic rings. The fourth-order valence-corrected chi connectivity index (χ4v) is 7.12. The number of unbranched alkanes of at least 4 members (excludes halogenated alkanes) is 16. The van der Waals surface area contributed by atoms with Crippen LogP contribution in [0.2, 0.25) is 0 Å². The van der Waals surface area contributed by atoms with Crippen molar-refractivity contribution in [1.82, 2.24) is 0 Å². The Bertz CT molecular complexity index is 1110. The van der Waals surface area contributed by atoms with Gasteiger partial charge < -0.3 is 39.5 Å². The minimum absolute atomic E-state index is 0. The number of ether oxygens (including phenoxy) is 2. The maximum absolute atomic E-state index is 10.3. The van der Waals surface area contributed by atoms with Crippen LogP contribution in [0.4, 0.5) is 0 Å². The second-order valence-corrected chi connectivity index (χ2v) is 16.6. The van der Waals surface area contributed by atoms with Crippen LogP contribution in [-0.4, -0.2) is 95.4 Å². The number of rotatable bonds is 38. The Labute approximate surface area is 400 Å². The molecule has 0 saturated carbocycles. The van der Waals surface area contributed by atoms with Crippen LogP contribution in [0.3, 0.4) is 0 Å². The van der Waals surface area contributed by atoms with Gasteiger partial charge in [-0.2, -0.15) is 0 Å². The SMILES string of the molecule is CC(CCCCC(O)CCCCCCCCCCC(=O)[O-])OCc1ccccc1.CC(CCCCC(O)CCCCCCCCCCC(=O)[O-])OCc1ccccc1.[Ba+2]. The molecule has 8 nitrogen and oxygen atoms in total. The van der Waals surface area contributed by atoms with E-state index in [9.17, 15) is 30.0 Å². The summed E-state index contributed by atoms with van der Waals surface area (Å²) >= 11 is 0. The normalized spacial score (nSPS) is 13.1. The Balaban J connectivity index is 0.00000112. The third-order valence-electron chi connectivity index (χ3n) is 10.9. The van der Waals surface area contributed by atoms with E-state index in [0.29, 0.717) is 13.2 Å². The Morgan fingerprint density at radius 2 is 0.695 bits per heavy atom. The number of carbonyl (C=O) groups excluding carboxylic acids is 2. The van der Waals surface area contributed by atoms with Crippen molar-refractivity contribution in [1.29, 1.82) is 0 Å². The molecule has 59 heavy (non-hydrogen) atoms. The van der Waals surface area contributed by atoms with Crippen molar-refractivity contribution < 1.29 is 39.5 Å². The van der Waals surface area contributed by atoms with Gasteiger partial charge in [-0.25, -0.2) is 0 Å². The molecule has 4 unspecified atom stereocenters. The molecule has 0 spiro atoms. The predicted octanol–water partition coefficient (Wildman–Crippen LogP) is 9.95. The van der Waals surface area contributed by atoms with Gasteiger partial charge in [0.1, 0.15) is 0 Å². The molecule has 332 valence electrons. The number of aliphatic hydroxyl groups is 2. The standard InChI is InChI=1S/2C25H42O4.Ba/c2*1-22(29-21-23-16-9-8-10-17-23)15-13-14-19-24(26)18-11-6-4-2-3-5-7-12-20-25(27)28;/h2*8-10,16-17,22,24,26H,2-7,11-15,18-21H2,1H3,(H,27,28);/q;;+2/p-2. The topological polar surface area (TPSA) is 139 Å². The zero-order valence-electron chi connectivity index (χ0n) is 37.3. The average Bonchev–Trinajstić information content (AvgIpc) is 3.21. The summed E-state index contributed by atoms with van der Waals surface area (Å²) in [7, 11) is 0. The third kappa shape index (κ3) is 40.6. The van der Waals surface area contributed by atoms with Gasteiger partial charge in [-0.15, -0.1) is 0 Å². The first-order valence-corrected chi connectivity index (χ1v) is 23.2. The molecule has 2 aromatic carbocycles. The molecule has 9 heteroatoms. The Kier molecular flexibility index (Phi) is 41.2. The van der Waals surface area contributed by atoms with Crippen LogP contribution in [0, 0.1) is 0 Å². The molecule has 0 aliphatic heterocycles. The second-order valence-electron chi connectivity index (χ2n) is 16.6. The van der Waals surface area contributed by atoms with E-state index in [0.717, 1.165) is 116 Å². The van der Waals surface area contributed by atoms with Crippen LogP contribution >= 0.6 is 0 Å². The van der Waals surface area contributed by atoms with Crippen LogP contribution in [0.25, 0.3) is 0 Å². The van der Waals surface area contributed by atoms with E-state index in [1.54, 1.807) is 0 Å². The fraction of sp³-hybridized carbons (Fsp3) is 0.720. The summed E-state index contributed by atoms with van der Waals surface area (Å²) in [4.78, 5) is 20.6. The van der Waals surface area contributed by atoms with Gasteiger partial charge in [0.2, 0.25) is 0 Å². The summed E-state index contributed by atoms with van der Waals surface area (Å²) in [6.07, 6.45) is 28.0. The van der Waals surface area contributed by atoms with Crippen LogP contribution in [0.1, 0.15) is 205 Å². The van der Waals surface area contributed by atoms with E-state index in [-0.39, 0.29) is 86.1 Å². The van der Waals surface area contributed by atoms with Gasteiger partial charge in [-0.05, 0) is 89.2 Å². The van der Waals surface area contributed by atoms with Gasteiger partial charge in [0.05, 0.1) is 37.6 Å². The molecule has 0 radical (unpaired) electrons. The molecular weight excluding hydrogens is 866 g/mol. The number of carboxylic acids is 2. The Morgan fingerprint density at radius 3 is 1.00 bits per heavy atom. The van der Waals surface area contributed by atoms with Crippen molar-refractivity contribution >= 4 is 60.8 Å². The summed E-state index contributed by atoms with van der Waals surface area (Å²) in [5.74, 6) is -1.87. The molecule has 0 saturated heterocycles.